The molecule has 1 saturated heterocycles. The van der Waals surface area contributed by atoms with Gasteiger partial charge in [0.15, 0.2) is 0 Å². The summed E-state index contributed by atoms with van der Waals surface area (Å²) in [7, 11) is 0. The Bertz CT molecular complexity index is 537. The number of piperazine rings is 1. The van der Waals surface area contributed by atoms with Crippen LogP contribution in [0.25, 0.3) is 0 Å². The van der Waals surface area contributed by atoms with Gasteiger partial charge in [0.2, 0.25) is 0 Å². The van der Waals surface area contributed by atoms with E-state index in [9.17, 15) is 17.6 Å². The molecule has 1 N–H and O–H groups in total. The minimum Gasteiger partial charge on any atom is -0.428 e. The first kappa shape index (κ1) is 19.4. The van der Waals surface area contributed by atoms with Crippen molar-refractivity contribution in [2.24, 2.45) is 5.92 Å². The van der Waals surface area contributed by atoms with Crippen LogP contribution in [0.15, 0.2) is 24.3 Å². The maximum Gasteiger partial charge on any atom is 0.461 e. The smallest absolute Gasteiger partial charge is 0.428 e. The summed E-state index contributed by atoms with van der Waals surface area (Å²) in [5.74, 6) is 0.304. The maximum atomic E-state index is 13.1. The van der Waals surface area contributed by atoms with Crippen molar-refractivity contribution in [2.45, 2.75) is 50.7 Å². The Morgan fingerprint density at radius 1 is 1.00 bits per heavy atom. The summed E-state index contributed by atoms with van der Waals surface area (Å²) < 4.78 is 55.0. The van der Waals surface area contributed by atoms with Crippen molar-refractivity contribution in [2.75, 3.05) is 26.2 Å². The first-order valence-corrected chi connectivity index (χ1v) is 9.37. The number of nitrogens with zero attached hydrogens (tertiary/aromatic N) is 1. The van der Waals surface area contributed by atoms with Crippen molar-refractivity contribution in [3.05, 3.63) is 29.8 Å². The molecule has 0 bridgehead atoms. The van der Waals surface area contributed by atoms with E-state index >= 15 is 0 Å². The highest BCUT2D eigenvalue weighted by Gasteiger charge is 2.44. The largest absolute Gasteiger partial charge is 0.461 e. The van der Waals surface area contributed by atoms with Crippen LogP contribution >= 0.6 is 0 Å². The summed E-state index contributed by atoms with van der Waals surface area (Å²) in [4.78, 5) is 2.45. The first-order chi connectivity index (χ1) is 12.5. The Hall–Kier alpha value is -1.34. The van der Waals surface area contributed by atoms with Gasteiger partial charge >= 0.3 is 12.5 Å². The van der Waals surface area contributed by atoms with Crippen molar-refractivity contribution < 1.29 is 22.3 Å². The van der Waals surface area contributed by atoms with Crippen LogP contribution in [0.1, 0.15) is 43.7 Å². The molecule has 1 aliphatic carbocycles. The van der Waals surface area contributed by atoms with E-state index < -0.39 is 12.5 Å². The lowest BCUT2D eigenvalue weighted by Gasteiger charge is -2.41. The third-order valence-corrected chi connectivity index (χ3v) is 5.37. The molecule has 0 unspecified atom stereocenters. The van der Waals surface area contributed by atoms with Gasteiger partial charge in [-0.15, -0.1) is 0 Å². The van der Waals surface area contributed by atoms with Crippen LogP contribution in [0, 0.1) is 5.92 Å². The van der Waals surface area contributed by atoms with E-state index in [4.69, 9.17) is 0 Å². The normalized spacial score (nSPS) is 21.7. The molecule has 3 rings (SSSR count). The molecule has 0 spiro atoms. The van der Waals surface area contributed by atoms with Gasteiger partial charge in [0.05, 0.1) is 0 Å². The van der Waals surface area contributed by atoms with Gasteiger partial charge in [0, 0.05) is 32.2 Å². The molecular weight excluding hydrogens is 348 g/mol. The van der Waals surface area contributed by atoms with Crippen LogP contribution in [0.4, 0.5) is 17.6 Å². The first-order valence-electron chi connectivity index (χ1n) is 9.37. The molecule has 1 saturated carbocycles. The number of alkyl halides is 4. The molecular formula is C19H26F4N2O. The van der Waals surface area contributed by atoms with Crippen LogP contribution < -0.4 is 10.1 Å². The molecule has 3 nitrogen and oxygen atoms in total. The molecule has 2 aliphatic rings. The topological polar surface area (TPSA) is 24.5 Å². The van der Waals surface area contributed by atoms with Gasteiger partial charge in [-0.1, -0.05) is 31.4 Å². The standard InChI is InChI=1S/C19H26F4N2O/c20-18(21)19(22,23)26-16-8-6-15(7-9-16)17(14-4-2-1-3-5-14)25-12-10-24-11-13-25/h6-9,14,17-18,24H,1-5,10-13H2/t17-/m1/s1. The minimum absolute atomic E-state index is 0.234. The second kappa shape index (κ2) is 8.57. The summed E-state index contributed by atoms with van der Waals surface area (Å²) in [5.41, 5.74) is 1.05. The zero-order valence-electron chi connectivity index (χ0n) is 14.8. The molecule has 0 amide bonds. The van der Waals surface area contributed by atoms with Crippen LogP contribution in [-0.2, 0) is 0 Å². The highest BCUT2D eigenvalue weighted by Crippen LogP contribution is 2.39. The number of halogens is 4. The lowest BCUT2D eigenvalue weighted by atomic mass is 9.80. The number of nitrogens with one attached hydrogen (secondary N) is 1. The number of hydrogen-bond donors (Lipinski definition) is 1. The quantitative estimate of drug-likeness (QED) is 0.745. The second-order valence-corrected chi connectivity index (χ2v) is 7.16. The Morgan fingerprint density at radius 2 is 1.62 bits per heavy atom. The number of rotatable bonds is 6. The third-order valence-electron chi connectivity index (χ3n) is 5.37. The lowest BCUT2D eigenvalue weighted by Crippen LogP contribution is -2.47. The Labute approximate surface area is 151 Å². The average molecular weight is 374 g/mol. The molecule has 1 aromatic rings. The lowest BCUT2D eigenvalue weighted by molar-refractivity contribution is -0.253. The molecule has 0 aromatic heterocycles. The Kier molecular flexibility index (Phi) is 6.40. The highest BCUT2D eigenvalue weighted by atomic mass is 19.3. The molecule has 2 fully saturated rings. The van der Waals surface area contributed by atoms with Crippen molar-refractivity contribution >= 4 is 0 Å². The maximum absolute atomic E-state index is 13.1. The average Bonchev–Trinajstić information content (AvgIpc) is 2.65. The summed E-state index contributed by atoms with van der Waals surface area (Å²) in [5, 5.41) is 3.35. The van der Waals surface area contributed by atoms with Crippen molar-refractivity contribution in [1.29, 1.82) is 0 Å². The SMILES string of the molecule is FC(F)C(F)(F)Oc1ccc([C@@H](C2CCCCC2)N2CCNCC2)cc1. The van der Waals surface area contributed by atoms with Crippen LogP contribution in [-0.4, -0.2) is 43.6 Å². The van der Waals surface area contributed by atoms with Crippen molar-refractivity contribution in [3.8, 4) is 5.75 Å². The van der Waals surface area contributed by atoms with Crippen LogP contribution in [0.3, 0.4) is 0 Å². The molecule has 7 heteroatoms. The number of benzene rings is 1. The van der Waals surface area contributed by atoms with Gasteiger partial charge in [-0.25, -0.2) is 0 Å². The van der Waals surface area contributed by atoms with E-state index in [-0.39, 0.29) is 11.8 Å². The zero-order valence-corrected chi connectivity index (χ0v) is 14.8. The molecule has 0 radical (unpaired) electrons. The van der Waals surface area contributed by atoms with Crippen molar-refractivity contribution in [3.63, 3.8) is 0 Å². The molecule has 1 atom stereocenters. The molecule has 146 valence electrons. The van der Waals surface area contributed by atoms with E-state index in [1.807, 2.05) is 0 Å². The molecule has 26 heavy (non-hydrogen) atoms. The predicted molar refractivity (Wildman–Crippen MR) is 91.8 cm³/mol. The predicted octanol–water partition coefficient (Wildman–Crippen LogP) is 4.45. The Morgan fingerprint density at radius 3 is 2.19 bits per heavy atom. The van der Waals surface area contributed by atoms with E-state index in [1.54, 1.807) is 12.1 Å². The van der Waals surface area contributed by atoms with Gasteiger partial charge in [0.25, 0.3) is 0 Å². The number of ether oxygens (including phenoxy) is 1. The van der Waals surface area contributed by atoms with Gasteiger partial charge in [-0.2, -0.15) is 17.6 Å². The zero-order chi connectivity index (χ0) is 18.6. The second-order valence-electron chi connectivity index (χ2n) is 7.16. The van der Waals surface area contributed by atoms with Crippen molar-refractivity contribution in [1.82, 2.24) is 10.2 Å². The van der Waals surface area contributed by atoms with Gasteiger partial charge in [0.1, 0.15) is 5.75 Å². The van der Waals surface area contributed by atoms with E-state index in [1.165, 1.54) is 31.4 Å². The fourth-order valence-corrected chi connectivity index (χ4v) is 4.13. The van der Waals surface area contributed by atoms with Gasteiger partial charge in [-0.3, -0.25) is 4.90 Å². The van der Waals surface area contributed by atoms with Gasteiger partial charge in [-0.05, 0) is 36.5 Å². The van der Waals surface area contributed by atoms with E-state index in [2.05, 4.69) is 15.0 Å². The third kappa shape index (κ3) is 4.68. The molecule has 1 aromatic carbocycles. The number of hydrogen-bond acceptors (Lipinski definition) is 3. The summed E-state index contributed by atoms with van der Waals surface area (Å²) in [6, 6.07) is 6.49. The Balaban J connectivity index is 1.77. The van der Waals surface area contributed by atoms with Crippen LogP contribution in [0.2, 0.25) is 0 Å². The summed E-state index contributed by atoms with van der Waals surface area (Å²) in [6.45, 7) is 3.77. The van der Waals surface area contributed by atoms with Crippen LogP contribution in [0.5, 0.6) is 5.75 Å². The van der Waals surface area contributed by atoms with E-state index in [0.717, 1.165) is 44.6 Å². The fourth-order valence-electron chi connectivity index (χ4n) is 4.13. The summed E-state index contributed by atoms with van der Waals surface area (Å²) >= 11 is 0. The molecule has 1 aliphatic heterocycles. The minimum atomic E-state index is -4.47. The molecule has 1 heterocycles. The van der Waals surface area contributed by atoms with E-state index in [0.29, 0.717) is 5.92 Å². The highest BCUT2D eigenvalue weighted by molar-refractivity contribution is 5.30. The fraction of sp³-hybridized carbons (Fsp3) is 0.684. The monoisotopic (exact) mass is 374 g/mol. The van der Waals surface area contributed by atoms with Gasteiger partial charge < -0.3 is 10.1 Å². The summed E-state index contributed by atoms with van der Waals surface area (Å²) in [6.07, 6.45) is -2.29.